The fraction of sp³-hybridized carbons (Fsp3) is 0.688. The monoisotopic (exact) mass is 293 g/mol. The predicted molar refractivity (Wildman–Crippen MR) is 89.7 cm³/mol. The average Bonchev–Trinajstić information content (AvgIpc) is 2.48. The van der Waals surface area contributed by atoms with E-state index in [-0.39, 0.29) is 0 Å². The molecule has 1 aromatic heterocycles. The number of aromatic nitrogens is 1. The van der Waals surface area contributed by atoms with Crippen LogP contribution in [0.2, 0.25) is 0 Å². The van der Waals surface area contributed by atoms with Crippen LogP contribution < -0.4 is 10.2 Å². The van der Waals surface area contributed by atoms with Gasteiger partial charge in [0.15, 0.2) is 0 Å². The number of anilines is 1. The van der Waals surface area contributed by atoms with Gasteiger partial charge in [-0.1, -0.05) is 20.8 Å². The second kappa shape index (κ2) is 7.32. The highest BCUT2D eigenvalue weighted by Gasteiger charge is 2.25. The highest BCUT2D eigenvalue weighted by molar-refractivity contribution is 8.00. The second-order valence-electron chi connectivity index (χ2n) is 5.47. The quantitative estimate of drug-likeness (QED) is 0.900. The van der Waals surface area contributed by atoms with E-state index in [0.717, 1.165) is 25.2 Å². The maximum atomic E-state index is 4.69. The minimum Gasteiger partial charge on any atom is -0.366 e. The molecule has 3 atom stereocenters. The van der Waals surface area contributed by atoms with Crippen molar-refractivity contribution in [2.75, 3.05) is 23.7 Å². The molecule has 1 N–H and O–H groups in total. The molecule has 4 heteroatoms. The summed E-state index contributed by atoms with van der Waals surface area (Å²) in [6.07, 6.45) is 3.13. The maximum absolute atomic E-state index is 4.69. The summed E-state index contributed by atoms with van der Waals surface area (Å²) in [6, 6.07) is 5.38. The van der Waals surface area contributed by atoms with Crippen LogP contribution in [0.15, 0.2) is 18.3 Å². The number of rotatable bonds is 5. The molecule has 0 amide bonds. The summed E-state index contributed by atoms with van der Waals surface area (Å²) in [7, 11) is 0. The summed E-state index contributed by atoms with van der Waals surface area (Å²) in [5.41, 5.74) is 2.42. The molecule has 3 nitrogen and oxygen atoms in total. The Bertz CT molecular complexity index is 407. The van der Waals surface area contributed by atoms with Crippen LogP contribution in [0.4, 0.5) is 5.69 Å². The van der Waals surface area contributed by atoms with Crippen molar-refractivity contribution in [3.05, 3.63) is 24.0 Å². The van der Waals surface area contributed by atoms with E-state index >= 15 is 0 Å². The topological polar surface area (TPSA) is 28.2 Å². The van der Waals surface area contributed by atoms with E-state index in [0.29, 0.717) is 17.3 Å². The van der Waals surface area contributed by atoms with Gasteiger partial charge in [0.05, 0.1) is 17.6 Å². The number of pyridine rings is 1. The standard InChI is InChI=1S/C16H27N3S/c1-5-15(17-6-2)16-8-7-14(11-18-16)19-9-10-20-13(4)12(19)3/h7-8,11-13,15,17H,5-6,9-10H2,1-4H3. The average molecular weight is 293 g/mol. The second-order valence-corrected chi connectivity index (χ2v) is 6.95. The summed E-state index contributed by atoms with van der Waals surface area (Å²) in [4.78, 5) is 7.18. The predicted octanol–water partition coefficient (Wildman–Crippen LogP) is 3.47. The molecule has 2 rings (SSSR count). The fourth-order valence-electron chi connectivity index (χ4n) is 2.78. The molecule has 0 aromatic carbocycles. The molecule has 0 bridgehead atoms. The first-order chi connectivity index (χ1) is 9.67. The molecular formula is C16H27N3S. The first-order valence-corrected chi connectivity index (χ1v) is 8.79. The van der Waals surface area contributed by atoms with Crippen molar-refractivity contribution in [2.24, 2.45) is 0 Å². The van der Waals surface area contributed by atoms with Gasteiger partial charge in [-0.15, -0.1) is 0 Å². The van der Waals surface area contributed by atoms with Gasteiger partial charge in [-0.2, -0.15) is 11.8 Å². The number of thioether (sulfide) groups is 1. The first kappa shape index (κ1) is 15.6. The summed E-state index contributed by atoms with van der Waals surface area (Å²) in [5.74, 6) is 1.21. The summed E-state index contributed by atoms with van der Waals surface area (Å²) < 4.78 is 0. The number of hydrogen-bond acceptors (Lipinski definition) is 4. The van der Waals surface area contributed by atoms with E-state index in [1.807, 2.05) is 0 Å². The Morgan fingerprint density at radius 2 is 2.20 bits per heavy atom. The maximum Gasteiger partial charge on any atom is 0.0574 e. The summed E-state index contributed by atoms with van der Waals surface area (Å²) in [5, 5.41) is 4.17. The highest BCUT2D eigenvalue weighted by atomic mass is 32.2. The zero-order chi connectivity index (χ0) is 14.5. The summed E-state index contributed by atoms with van der Waals surface area (Å²) in [6.45, 7) is 11.1. The largest absolute Gasteiger partial charge is 0.366 e. The molecule has 0 aliphatic carbocycles. The van der Waals surface area contributed by atoms with Crippen LogP contribution in [-0.4, -0.2) is 35.1 Å². The Labute approximate surface area is 127 Å². The lowest BCUT2D eigenvalue weighted by molar-refractivity contribution is 0.524. The van der Waals surface area contributed by atoms with Gasteiger partial charge >= 0.3 is 0 Å². The molecule has 0 spiro atoms. The molecule has 1 aromatic rings. The van der Waals surface area contributed by atoms with Crippen molar-refractivity contribution in [3.8, 4) is 0 Å². The van der Waals surface area contributed by atoms with Gasteiger partial charge in [-0.3, -0.25) is 4.98 Å². The van der Waals surface area contributed by atoms with Crippen LogP contribution in [-0.2, 0) is 0 Å². The molecule has 20 heavy (non-hydrogen) atoms. The van der Waals surface area contributed by atoms with Crippen LogP contribution in [0.5, 0.6) is 0 Å². The van der Waals surface area contributed by atoms with Gasteiger partial charge in [0.1, 0.15) is 0 Å². The number of nitrogens with zero attached hydrogens (tertiary/aromatic N) is 2. The van der Waals surface area contributed by atoms with Gasteiger partial charge in [0, 0.05) is 29.6 Å². The molecule has 1 saturated heterocycles. The van der Waals surface area contributed by atoms with Crippen LogP contribution in [0.25, 0.3) is 0 Å². The Hall–Kier alpha value is -0.740. The molecular weight excluding hydrogens is 266 g/mol. The third-order valence-electron chi connectivity index (χ3n) is 4.20. The minimum atomic E-state index is 0.377. The van der Waals surface area contributed by atoms with Crippen LogP contribution in [0.3, 0.4) is 0 Å². The highest BCUT2D eigenvalue weighted by Crippen LogP contribution is 2.29. The molecule has 112 valence electrons. The van der Waals surface area contributed by atoms with Crippen molar-refractivity contribution in [1.82, 2.24) is 10.3 Å². The smallest absolute Gasteiger partial charge is 0.0574 e. The Morgan fingerprint density at radius 1 is 1.40 bits per heavy atom. The fourth-order valence-corrected chi connectivity index (χ4v) is 3.87. The third-order valence-corrected chi connectivity index (χ3v) is 5.54. The van der Waals surface area contributed by atoms with Crippen molar-refractivity contribution < 1.29 is 0 Å². The molecule has 0 radical (unpaired) electrons. The minimum absolute atomic E-state index is 0.377. The van der Waals surface area contributed by atoms with Crippen molar-refractivity contribution in [3.63, 3.8) is 0 Å². The van der Waals surface area contributed by atoms with Crippen molar-refractivity contribution in [1.29, 1.82) is 0 Å². The Kier molecular flexibility index (Phi) is 5.73. The lowest BCUT2D eigenvalue weighted by Crippen LogP contribution is -2.44. The normalized spacial score (nSPS) is 24.7. The number of hydrogen-bond donors (Lipinski definition) is 1. The molecule has 1 aliphatic heterocycles. The van der Waals surface area contributed by atoms with E-state index in [2.05, 4.69) is 68.0 Å². The molecule has 2 heterocycles. The lowest BCUT2D eigenvalue weighted by Gasteiger charge is -2.39. The van der Waals surface area contributed by atoms with Gasteiger partial charge in [-0.05, 0) is 32.0 Å². The number of nitrogens with one attached hydrogen (secondary N) is 1. The van der Waals surface area contributed by atoms with E-state index in [4.69, 9.17) is 4.98 Å². The third kappa shape index (κ3) is 3.47. The van der Waals surface area contributed by atoms with Gasteiger partial charge in [0.25, 0.3) is 0 Å². The zero-order valence-corrected chi connectivity index (χ0v) is 13.9. The van der Waals surface area contributed by atoms with Crippen molar-refractivity contribution in [2.45, 2.75) is 51.4 Å². The SMILES string of the molecule is CCNC(CC)c1ccc(N2CCSC(C)C2C)cn1. The Balaban J connectivity index is 2.11. The van der Waals surface area contributed by atoms with Crippen LogP contribution in [0, 0.1) is 0 Å². The van der Waals surface area contributed by atoms with Gasteiger partial charge in [0.2, 0.25) is 0 Å². The van der Waals surface area contributed by atoms with E-state index < -0.39 is 0 Å². The van der Waals surface area contributed by atoms with Crippen LogP contribution in [0.1, 0.15) is 45.9 Å². The van der Waals surface area contributed by atoms with Crippen molar-refractivity contribution >= 4 is 17.4 Å². The first-order valence-electron chi connectivity index (χ1n) is 7.74. The van der Waals surface area contributed by atoms with E-state index in [1.54, 1.807) is 0 Å². The lowest BCUT2D eigenvalue weighted by atomic mass is 10.1. The van der Waals surface area contributed by atoms with E-state index in [1.165, 1.54) is 11.4 Å². The molecule has 3 unspecified atom stereocenters. The van der Waals surface area contributed by atoms with Crippen LogP contribution >= 0.6 is 11.8 Å². The molecule has 0 saturated carbocycles. The Morgan fingerprint density at radius 3 is 2.80 bits per heavy atom. The molecule has 1 fully saturated rings. The summed E-state index contributed by atoms with van der Waals surface area (Å²) >= 11 is 2.07. The van der Waals surface area contributed by atoms with Gasteiger partial charge < -0.3 is 10.2 Å². The zero-order valence-electron chi connectivity index (χ0n) is 13.1. The van der Waals surface area contributed by atoms with Gasteiger partial charge in [-0.25, -0.2) is 0 Å². The molecule has 1 aliphatic rings. The van der Waals surface area contributed by atoms with E-state index in [9.17, 15) is 0 Å².